The third-order valence-corrected chi connectivity index (χ3v) is 18.1. The number of rotatable bonds is 73. The quantitative estimate of drug-likeness (QED) is 0.0169. The average molecular weight is 1450 g/mol. The van der Waals surface area contributed by atoms with Crippen molar-refractivity contribution in [2.45, 2.75) is 341 Å². The Morgan fingerprint density at radius 3 is 0.840 bits per heavy atom. The molecule has 17 nitrogen and oxygen atoms in total. The molecule has 0 aromatic rings. The predicted octanol–water partition coefficient (Wildman–Crippen LogP) is 22.6. The van der Waals surface area contributed by atoms with E-state index in [9.17, 15) is 43.2 Å². The molecule has 5 atom stereocenters. The Labute approximate surface area is 607 Å². The van der Waals surface area contributed by atoms with E-state index in [1.54, 1.807) is 0 Å². The summed E-state index contributed by atoms with van der Waals surface area (Å²) in [6.45, 7) is 4.58. The Morgan fingerprint density at radius 1 is 0.290 bits per heavy atom. The van der Waals surface area contributed by atoms with Crippen LogP contribution in [0.4, 0.5) is 0 Å². The molecule has 0 aliphatic heterocycles. The summed E-state index contributed by atoms with van der Waals surface area (Å²) in [5.41, 5.74) is 0. The third-order valence-electron chi connectivity index (χ3n) is 16.2. The summed E-state index contributed by atoms with van der Waals surface area (Å²) in [7, 11) is -9.96. The highest BCUT2D eigenvalue weighted by Gasteiger charge is 2.30. The molecule has 0 aliphatic rings. The zero-order valence-corrected chi connectivity index (χ0v) is 64.6. The Kier molecular flexibility index (Phi) is 69.9. The number of aliphatic hydroxyl groups excluding tert-OH is 1. The van der Waals surface area contributed by atoms with E-state index in [0.29, 0.717) is 25.7 Å². The van der Waals surface area contributed by atoms with Crippen LogP contribution in [0.5, 0.6) is 0 Å². The largest absolute Gasteiger partial charge is 0.472 e. The van der Waals surface area contributed by atoms with Gasteiger partial charge in [-0.2, -0.15) is 0 Å². The maximum Gasteiger partial charge on any atom is 0.472 e. The Bertz CT molecular complexity index is 2320. The number of ether oxygens (including phenoxy) is 4. The number of carbonyl (C=O) groups is 4. The van der Waals surface area contributed by atoms with Gasteiger partial charge in [0, 0.05) is 25.7 Å². The second-order valence-electron chi connectivity index (χ2n) is 25.9. The Hall–Kier alpha value is -4.28. The fraction of sp³-hybridized carbons (Fsp3) is 0.728. The van der Waals surface area contributed by atoms with E-state index < -0.39 is 97.5 Å². The predicted molar refractivity (Wildman–Crippen MR) is 408 cm³/mol. The lowest BCUT2D eigenvalue weighted by molar-refractivity contribution is -0.161. The highest BCUT2D eigenvalue weighted by molar-refractivity contribution is 7.47. The first kappa shape index (κ1) is 95.7. The van der Waals surface area contributed by atoms with Crippen LogP contribution in [0.2, 0.25) is 0 Å². The minimum Gasteiger partial charge on any atom is -0.462 e. The van der Waals surface area contributed by atoms with Crippen LogP contribution in [0.1, 0.15) is 323 Å². The molecule has 0 aromatic carbocycles. The van der Waals surface area contributed by atoms with Gasteiger partial charge in [-0.15, -0.1) is 0 Å². The van der Waals surface area contributed by atoms with Gasteiger partial charge in [-0.1, -0.05) is 285 Å². The molecular weight excluding hydrogens is 1310 g/mol. The van der Waals surface area contributed by atoms with Gasteiger partial charge in [0.1, 0.15) is 19.3 Å². The SMILES string of the molecule is CC/C=C\C/C=C\C/C=C\C/C=C\CCCCCCCCC(=O)OCC(COP(=O)(O)OCC(O)COP(=O)(O)OCC(COC(=O)CCCCCCCCCCCCCCC)OC(=O)CCCCCCC/C=C\CCCC)OC(=O)CCCCCC/C=C\C/C=C\C/C=C\C/C=C\CC. The molecule has 0 saturated heterocycles. The summed E-state index contributed by atoms with van der Waals surface area (Å²) < 4.78 is 68.5. The van der Waals surface area contributed by atoms with Gasteiger partial charge in [-0.3, -0.25) is 37.3 Å². The van der Waals surface area contributed by atoms with Crippen LogP contribution < -0.4 is 0 Å². The highest BCUT2D eigenvalue weighted by atomic mass is 31.2. The van der Waals surface area contributed by atoms with Gasteiger partial charge in [0.05, 0.1) is 26.4 Å². The lowest BCUT2D eigenvalue weighted by Gasteiger charge is -2.21. The Morgan fingerprint density at radius 2 is 0.530 bits per heavy atom. The molecule has 0 radical (unpaired) electrons. The van der Waals surface area contributed by atoms with Crippen molar-refractivity contribution < 1.29 is 80.2 Å². The van der Waals surface area contributed by atoms with E-state index in [2.05, 4.69) is 137 Å². The topological polar surface area (TPSA) is 237 Å². The summed E-state index contributed by atoms with van der Waals surface area (Å²) in [6, 6.07) is 0. The van der Waals surface area contributed by atoms with E-state index in [4.69, 9.17) is 37.0 Å². The van der Waals surface area contributed by atoms with Gasteiger partial charge >= 0.3 is 39.5 Å². The smallest absolute Gasteiger partial charge is 0.462 e. The van der Waals surface area contributed by atoms with Gasteiger partial charge in [0.25, 0.3) is 0 Å². The molecule has 19 heteroatoms. The number of unbranched alkanes of at least 4 members (excludes halogenated alkanes) is 29. The lowest BCUT2D eigenvalue weighted by Crippen LogP contribution is -2.30. The van der Waals surface area contributed by atoms with Crippen LogP contribution in [0, 0.1) is 0 Å². The molecule has 0 heterocycles. The van der Waals surface area contributed by atoms with Gasteiger partial charge in [0.2, 0.25) is 0 Å². The molecule has 5 unspecified atom stereocenters. The zero-order valence-electron chi connectivity index (χ0n) is 62.8. The van der Waals surface area contributed by atoms with Crippen molar-refractivity contribution in [2.75, 3.05) is 39.6 Å². The van der Waals surface area contributed by atoms with Crippen LogP contribution in [-0.4, -0.2) is 96.7 Å². The molecule has 0 amide bonds. The first-order chi connectivity index (χ1) is 48.7. The minimum absolute atomic E-state index is 0.0621. The number of hydrogen-bond acceptors (Lipinski definition) is 15. The van der Waals surface area contributed by atoms with E-state index >= 15 is 0 Å². The number of phosphoric ester groups is 2. The van der Waals surface area contributed by atoms with Crippen LogP contribution in [0.3, 0.4) is 0 Å². The summed E-state index contributed by atoms with van der Waals surface area (Å²) >= 11 is 0. The van der Waals surface area contributed by atoms with Crippen molar-refractivity contribution in [3.63, 3.8) is 0 Å². The second-order valence-corrected chi connectivity index (χ2v) is 28.8. The van der Waals surface area contributed by atoms with E-state index in [0.717, 1.165) is 173 Å². The van der Waals surface area contributed by atoms with Crippen molar-refractivity contribution in [3.05, 3.63) is 109 Å². The fourth-order valence-electron chi connectivity index (χ4n) is 10.3. The van der Waals surface area contributed by atoms with Gasteiger partial charge in [0.15, 0.2) is 12.2 Å². The molecule has 100 heavy (non-hydrogen) atoms. The summed E-state index contributed by atoms with van der Waals surface area (Å²) in [4.78, 5) is 72.9. The highest BCUT2D eigenvalue weighted by Crippen LogP contribution is 2.45. The molecule has 0 rings (SSSR count). The molecule has 0 fully saturated rings. The lowest BCUT2D eigenvalue weighted by atomic mass is 10.0. The number of esters is 4. The maximum absolute atomic E-state index is 13.1. The monoisotopic (exact) mass is 1450 g/mol. The van der Waals surface area contributed by atoms with Crippen molar-refractivity contribution in [1.29, 1.82) is 0 Å². The van der Waals surface area contributed by atoms with Crippen LogP contribution in [0.15, 0.2) is 109 Å². The molecule has 0 saturated carbocycles. The van der Waals surface area contributed by atoms with Gasteiger partial charge < -0.3 is 33.8 Å². The molecule has 3 N–H and O–H groups in total. The van der Waals surface area contributed by atoms with Crippen LogP contribution in [0.25, 0.3) is 0 Å². The molecule has 0 bridgehead atoms. The molecule has 0 spiro atoms. The standard InChI is InChI=1S/C81H140O17P2/c1-5-9-13-17-21-25-29-32-34-36-37-39-40-43-47-50-54-58-62-66-79(84)92-72-77(98-81(86)68-64-60-56-52-48-44-41-38-35-33-30-26-22-18-14-10-6-2)74-96-100(89,90)94-70-75(82)69-93-99(87,88)95-73-76(97-80(85)67-63-59-55-51-45-28-24-20-16-12-8-4)71-91-78(83)65-61-57-53-49-46-42-31-27-23-19-15-11-7-3/h9-10,13-14,20-22,24-26,32-35,37,39,41,44,75-77,82H,5-8,11-12,15-19,23,27-31,36,38,40,42-43,45-74H2,1-4H3,(H,87,88)(H,89,90)/b13-9-,14-10-,24-20-,25-21-,26-22-,34-32-,35-33-,39-37-,44-41-. The van der Waals surface area contributed by atoms with E-state index in [1.807, 2.05) is 0 Å². The van der Waals surface area contributed by atoms with Crippen molar-refractivity contribution in [3.8, 4) is 0 Å². The molecule has 0 aromatic heterocycles. The molecule has 576 valence electrons. The summed E-state index contributed by atoms with van der Waals surface area (Å²) in [5, 5.41) is 10.6. The third kappa shape index (κ3) is 72.1. The van der Waals surface area contributed by atoms with Crippen LogP contribution >= 0.6 is 15.6 Å². The summed E-state index contributed by atoms with van der Waals surface area (Å²) in [6.07, 6.45) is 77.9. The zero-order chi connectivity index (χ0) is 73.2. The Balaban J connectivity index is 5.36. The normalized spacial score (nSPS) is 14.5. The number of phosphoric acid groups is 2. The van der Waals surface area contributed by atoms with E-state index in [1.165, 1.54) is 70.6 Å². The first-order valence-corrected chi connectivity index (χ1v) is 42.1. The van der Waals surface area contributed by atoms with Crippen molar-refractivity contribution in [2.24, 2.45) is 0 Å². The first-order valence-electron chi connectivity index (χ1n) is 39.1. The number of carbonyl (C=O) groups excluding carboxylic acids is 4. The number of aliphatic hydroxyl groups is 1. The molecular formula is C81H140O17P2. The maximum atomic E-state index is 13.1. The average Bonchev–Trinajstić information content (AvgIpc) is 0.930. The van der Waals surface area contributed by atoms with Crippen LogP contribution in [-0.2, 0) is 65.4 Å². The number of hydrogen-bond donors (Lipinski definition) is 3. The van der Waals surface area contributed by atoms with Gasteiger partial charge in [-0.25, -0.2) is 9.13 Å². The van der Waals surface area contributed by atoms with Gasteiger partial charge in [-0.05, 0) is 122 Å². The van der Waals surface area contributed by atoms with Crippen molar-refractivity contribution in [1.82, 2.24) is 0 Å². The van der Waals surface area contributed by atoms with E-state index in [-0.39, 0.29) is 25.7 Å². The molecule has 0 aliphatic carbocycles. The summed E-state index contributed by atoms with van der Waals surface area (Å²) in [5.74, 6) is -2.21. The minimum atomic E-state index is -4.99. The van der Waals surface area contributed by atoms with Crippen molar-refractivity contribution >= 4 is 39.5 Å². The number of allylic oxidation sites excluding steroid dienone is 18. The second kappa shape index (κ2) is 73.0. The fourth-order valence-corrected chi connectivity index (χ4v) is 11.9.